The van der Waals surface area contributed by atoms with Crippen LogP contribution < -0.4 is 14.4 Å². The van der Waals surface area contributed by atoms with E-state index in [1.165, 1.54) is 24.6 Å². The second-order valence-corrected chi connectivity index (χ2v) is 8.69. The third-order valence-corrected chi connectivity index (χ3v) is 7.05. The predicted octanol–water partition coefficient (Wildman–Crippen LogP) is 3.18. The largest absolute Gasteiger partial charge is 0.493 e. The second-order valence-electron chi connectivity index (χ2n) is 6.34. The highest BCUT2D eigenvalue weighted by molar-refractivity contribution is 7.89. The van der Waals surface area contributed by atoms with Gasteiger partial charge in [-0.2, -0.15) is 4.31 Å². The smallest absolute Gasteiger partial charge is 0.243 e. The van der Waals surface area contributed by atoms with Crippen molar-refractivity contribution < 1.29 is 17.9 Å². The number of rotatable bonds is 5. The number of methoxy groups -OCH3 is 2. The lowest BCUT2D eigenvalue weighted by atomic mass is 10.2. The summed E-state index contributed by atoms with van der Waals surface area (Å²) in [6.45, 7) is 3.97. The Morgan fingerprint density at radius 3 is 2.19 bits per heavy atom. The van der Waals surface area contributed by atoms with Crippen LogP contribution in [0.1, 0.15) is 5.56 Å². The summed E-state index contributed by atoms with van der Waals surface area (Å²) in [5.41, 5.74) is 2.03. The van der Waals surface area contributed by atoms with Gasteiger partial charge in [0.05, 0.1) is 19.1 Å². The molecule has 6 nitrogen and oxygen atoms in total. The van der Waals surface area contributed by atoms with Gasteiger partial charge >= 0.3 is 0 Å². The van der Waals surface area contributed by atoms with Gasteiger partial charge < -0.3 is 14.4 Å². The molecule has 0 N–H and O–H groups in total. The molecule has 1 fully saturated rings. The maximum atomic E-state index is 13.0. The van der Waals surface area contributed by atoms with Crippen LogP contribution >= 0.6 is 11.6 Å². The van der Waals surface area contributed by atoms with E-state index in [-0.39, 0.29) is 4.90 Å². The Morgan fingerprint density at radius 2 is 1.59 bits per heavy atom. The molecule has 146 valence electrons. The maximum absolute atomic E-state index is 13.0. The quantitative estimate of drug-likeness (QED) is 0.757. The highest BCUT2D eigenvalue weighted by atomic mass is 35.5. The monoisotopic (exact) mass is 410 g/mol. The van der Waals surface area contributed by atoms with E-state index in [1.54, 1.807) is 12.1 Å². The molecule has 8 heteroatoms. The van der Waals surface area contributed by atoms with E-state index in [1.807, 2.05) is 25.1 Å². The van der Waals surface area contributed by atoms with E-state index in [4.69, 9.17) is 21.1 Å². The summed E-state index contributed by atoms with van der Waals surface area (Å²) in [4.78, 5) is 2.35. The molecule has 2 aromatic rings. The number of nitrogens with zero attached hydrogens (tertiary/aromatic N) is 2. The van der Waals surface area contributed by atoms with E-state index >= 15 is 0 Å². The Bertz CT molecular complexity index is 925. The fraction of sp³-hybridized carbons (Fsp3) is 0.368. The normalized spacial score (nSPS) is 15.6. The summed E-state index contributed by atoms with van der Waals surface area (Å²) < 4.78 is 37.9. The summed E-state index contributed by atoms with van der Waals surface area (Å²) in [6.07, 6.45) is 0. The zero-order chi connectivity index (χ0) is 19.6. The van der Waals surface area contributed by atoms with Crippen molar-refractivity contribution in [1.29, 1.82) is 0 Å². The van der Waals surface area contributed by atoms with E-state index in [0.29, 0.717) is 42.7 Å². The van der Waals surface area contributed by atoms with Crippen molar-refractivity contribution in [3.63, 3.8) is 0 Å². The number of halogens is 1. The molecule has 0 spiro atoms. The van der Waals surface area contributed by atoms with E-state index < -0.39 is 10.0 Å². The van der Waals surface area contributed by atoms with Crippen molar-refractivity contribution in [1.82, 2.24) is 4.31 Å². The van der Waals surface area contributed by atoms with Crippen molar-refractivity contribution in [3.05, 3.63) is 47.0 Å². The van der Waals surface area contributed by atoms with Gasteiger partial charge in [-0.05, 0) is 36.8 Å². The minimum atomic E-state index is -3.60. The lowest BCUT2D eigenvalue weighted by molar-refractivity contribution is 0.353. The summed E-state index contributed by atoms with van der Waals surface area (Å²) >= 11 is 6.21. The van der Waals surface area contributed by atoms with Crippen molar-refractivity contribution in [2.75, 3.05) is 45.3 Å². The van der Waals surface area contributed by atoms with Crippen LogP contribution in [-0.2, 0) is 10.0 Å². The maximum Gasteiger partial charge on any atom is 0.243 e. The molecule has 0 aromatic heterocycles. The Kier molecular flexibility index (Phi) is 5.83. The van der Waals surface area contributed by atoms with Crippen LogP contribution in [0, 0.1) is 6.92 Å². The summed E-state index contributed by atoms with van der Waals surface area (Å²) in [6, 6.07) is 10.6. The molecule has 0 bridgehead atoms. The molecule has 3 rings (SSSR count). The van der Waals surface area contributed by atoms with Crippen LogP contribution in [0.5, 0.6) is 11.5 Å². The number of sulfonamides is 1. The minimum Gasteiger partial charge on any atom is -0.493 e. The highest BCUT2D eigenvalue weighted by Crippen LogP contribution is 2.31. The van der Waals surface area contributed by atoms with Gasteiger partial charge in [-0.3, -0.25) is 0 Å². The average molecular weight is 411 g/mol. The number of aryl methyl sites for hydroxylation is 1. The van der Waals surface area contributed by atoms with Crippen molar-refractivity contribution in [2.24, 2.45) is 0 Å². The molecule has 1 aliphatic rings. The van der Waals surface area contributed by atoms with E-state index in [9.17, 15) is 8.42 Å². The molecule has 27 heavy (non-hydrogen) atoms. The van der Waals surface area contributed by atoms with Crippen LogP contribution in [0.4, 0.5) is 5.69 Å². The van der Waals surface area contributed by atoms with Crippen LogP contribution in [0.3, 0.4) is 0 Å². The zero-order valence-electron chi connectivity index (χ0n) is 15.6. The van der Waals surface area contributed by atoms with E-state index in [0.717, 1.165) is 11.3 Å². The Balaban J connectivity index is 1.75. The molecular weight excluding hydrogens is 388 g/mol. The standard InChI is InChI=1S/C19H23ClN2O4S/c1-14-4-5-15(12-17(14)20)21-8-10-22(11-9-21)27(23,24)16-6-7-18(25-2)19(13-16)26-3/h4-7,12-13H,8-11H2,1-3H3. The van der Waals surface area contributed by atoms with Crippen LogP contribution in [-0.4, -0.2) is 53.1 Å². The van der Waals surface area contributed by atoms with Crippen molar-refractivity contribution >= 4 is 27.3 Å². The fourth-order valence-electron chi connectivity index (χ4n) is 3.09. The number of hydrogen-bond acceptors (Lipinski definition) is 5. The molecule has 0 unspecified atom stereocenters. The third-order valence-electron chi connectivity index (χ3n) is 4.75. The van der Waals surface area contributed by atoms with Crippen molar-refractivity contribution in [3.8, 4) is 11.5 Å². The first-order chi connectivity index (χ1) is 12.9. The average Bonchev–Trinajstić information content (AvgIpc) is 2.69. The molecule has 0 atom stereocenters. The van der Waals surface area contributed by atoms with Crippen molar-refractivity contribution in [2.45, 2.75) is 11.8 Å². The molecule has 1 heterocycles. The van der Waals surface area contributed by atoms with Gasteiger partial charge in [-0.25, -0.2) is 8.42 Å². The molecule has 0 radical (unpaired) electrons. The van der Waals surface area contributed by atoms with Gasteiger partial charge in [0.15, 0.2) is 11.5 Å². The predicted molar refractivity (Wildman–Crippen MR) is 107 cm³/mol. The number of ether oxygens (including phenoxy) is 2. The Hall–Kier alpha value is -1.96. The molecule has 0 aliphatic carbocycles. The summed E-state index contributed by atoms with van der Waals surface area (Å²) in [5, 5.41) is 0.716. The first-order valence-corrected chi connectivity index (χ1v) is 10.4. The first kappa shape index (κ1) is 19.8. The topological polar surface area (TPSA) is 59.1 Å². The lowest BCUT2D eigenvalue weighted by Crippen LogP contribution is -2.48. The van der Waals surface area contributed by atoms with Crippen LogP contribution in [0.2, 0.25) is 5.02 Å². The third kappa shape index (κ3) is 4.00. The Morgan fingerprint density at radius 1 is 0.926 bits per heavy atom. The first-order valence-electron chi connectivity index (χ1n) is 8.60. The van der Waals surface area contributed by atoms with Crippen LogP contribution in [0.15, 0.2) is 41.3 Å². The number of piperazine rings is 1. The lowest BCUT2D eigenvalue weighted by Gasteiger charge is -2.35. The Labute approximate surface area is 165 Å². The van der Waals surface area contributed by atoms with Gasteiger partial charge in [0.2, 0.25) is 10.0 Å². The van der Waals surface area contributed by atoms with Gasteiger partial charge in [-0.1, -0.05) is 17.7 Å². The van der Waals surface area contributed by atoms with Gasteiger partial charge in [0.1, 0.15) is 0 Å². The summed E-state index contributed by atoms with van der Waals surface area (Å²) in [5.74, 6) is 0.893. The molecule has 2 aromatic carbocycles. The molecule has 1 saturated heterocycles. The fourth-order valence-corrected chi connectivity index (χ4v) is 4.70. The molecular formula is C19H23ClN2O4S. The van der Waals surface area contributed by atoms with Gasteiger partial charge in [0, 0.05) is 43.0 Å². The summed E-state index contributed by atoms with van der Waals surface area (Å²) in [7, 11) is -0.593. The number of anilines is 1. The zero-order valence-corrected chi connectivity index (χ0v) is 17.2. The van der Waals surface area contributed by atoms with Crippen LogP contribution in [0.25, 0.3) is 0 Å². The van der Waals surface area contributed by atoms with Gasteiger partial charge in [0.25, 0.3) is 0 Å². The van der Waals surface area contributed by atoms with Gasteiger partial charge in [-0.15, -0.1) is 0 Å². The SMILES string of the molecule is COc1ccc(S(=O)(=O)N2CCN(c3ccc(C)c(Cl)c3)CC2)cc1OC. The molecule has 0 saturated carbocycles. The molecule has 1 aliphatic heterocycles. The number of benzene rings is 2. The second kappa shape index (κ2) is 7.96. The minimum absolute atomic E-state index is 0.201. The highest BCUT2D eigenvalue weighted by Gasteiger charge is 2.29. The molecule has 0 amide bonds. The number of hydrogen-bond donors (Lipinski definition) is 0. The van der Waals surface area contributed by atoms with E-state index in [2.05, 4.69) is 4.90 Å².